The van der Waals surface area contributed by atoms with Gasteiger partial charge < -0.3 is 14.2 Å². The zero-order valence-electron chi connectivity index (χ0n) is 53.3. The van der Waals surface area contributed by atoms with E-state index in [0.29, 0.717) is 19.3 Å². The van der Waals surface area contributed by atoms with Gasteiger partial charge in [-0.1, -0.05) is 310 Å². The first-order valence-electron chi connectivity index (χ1n) is 34.4. The number of unbranched alkanes of at least 4 members (excludes halogenated alkanes) is 33. The molecule has 81 heavy (non-hydrogen) atoms. The van der Waals surface area contributed by atoms with Gasteiger partial charge in [-0.2, -0.15) is 0 Å². The van der Waals surface area contributed by atoms with Crippen molar-refractivity contribution in [1.29, 1.82) is 0 Å². The zero-order valence-corrected chi connectivity index (χ0v) is 53.3. The number of hydrogen-bond donors (Lipinski definition) is 0. The van der Waals surface area contributed by atoms with Crippen LogP contribution >= 0.6 is 0 Å². The summed E-state index contributed by atoms with van der Waals surface area (Å²) in [6.07, 6.45) is 94.2. The maximum absolute atomic E-state index is 12.9. The van der Waals surface area contributed by atoms with Gasteiger partial charge in [-0.3, -0.25) is 14.4 Å². The van der Waals surface area contributed by atoms with E-state index in [1.165, 1.54) is 173 Å². The van der Waals surface area contributed by atoms with Crippen molar-refractivity contribution >= 4 is 17.9 Å². The van der Waals surface area contributed by atoms with Gasteiger partial charge in [0.25, 0.3) is 0 Å². The fraction of sp³-hybridized carbons (Fsp3) is 0.720. The van der Waals surface area contributed by atoms with E-state index in [0.717, 1.165) is 116 Å². The van der Waals surface area contributed by atoms with Crippen LogP contribution in [-0.4, -0.2) is 37.2 Å². The van der Waals surface area contributed by atoms with Gasteiger partial charge in [0.15, 0.2) is 6.10 Å². The van der Waals surface area contributed by atoms with Crippen molar-refractivity contribution in [2.75, 3.05) is 13.2 Å². The summed E-state index contributed by atoms with van der Waals surface area (Å²) < 4.78 is 16.9. The summed E-state index contributed by atoms with van der Waals surface area (Å²) in [5.74, 6) is -0.883. The second-order valence-corrected chi connectivity index (χ2v) is 22.7. The van der Waals surface area contributed by atoms with E-state index in [1.807, 2.05) is 0 Å². The van der Waals surface area contributed by atoms with Crippen LogP contribution in [0.15, 0.2) is 109 Å². The summed E-state index contributed by atoms with van der Waals surface area (Å²) >= 11 is 0. The molecule has 464 valence electrons. The molecule has 0 N–H and O–H groups in total. The second-order valence-electron chi connectivity index (χ2n) is 22.7. The summed E-state index contributed by atoms with van der Waals surface area (Å²) in [4.78, 5) is 38.2. The van der Waals surface area contributed by atoms with Crippen LogP contribution in [0.1, 0.15) is 329 Å². The molecule has 6 nitrogen and oxygen atoms in total. The molecule has 0 saturated carbocycles. The molecule has 0 rings (SSSR count). The van der Waals surface area contributed by atoms with Gasteiger partial charge in [-0.15, -0.1) is 0 Å². The smallest absolute Gasteiger partial charge is 0.306 e. The molecule has 1 unspecified atom stereocenters. The van der Waals surface area contributed by atoms with E-state index in [9.17, 15) is 14.4 Å². The van der Waals surface area contributed by atoms with Crippen molar-refractivity contribution in [3.63, 3.8) is 0 Å². The third-order valence-corrected chi connectivity index (χ3v) is 14.8. The highest BCUT2D eigenvalue weighted by molar-refractivity contribution is 5.71. The quantitative estimate of drug-likeness (QED) is 0.0261. The average molecular weight is 1130 g/mol. The van der Waals surface area contributed by atoms with Crippen molar-refractivity contribution in [3.8, 4) is 0 Å². The summed E-state index contributed by atoms with van der Waals surface area (Å²) in [7, 11) is 0. The van der Waals surface area contributed by atoms with E-state index < -0.39 is 6.10 Å². The Bertz CT molecular complexity index is 1620. The third-order valence-electron chi connectivity index (χ3n) is 14.8. The van der Waals surface area contributed by atoms with Crippen molar-refractivity contribution in [3.05, 3.63) is 109 Å². The summed E-state index contributed by atoms with van der Waals surface area (Å²) in [6.45, 7) is 6.49. The predicted molar refractivity (Wildman–Crippen MR) is 353 cm³/mol. The molecular formula is C75H128O6. The Balaban J connectivity index is 4.09. The van der Waals surface area contributed by atoms with Crippen molar-refractivity contribution in [2.24, 2.45) is 0 Å². The molecule has 0 saturated heterocycles. The van der Waals surface area contributed by atoms with E-state index in [4.69, 9.17) is 14.2 Å². The van der Waals surface area contributed by atoms with Gasteiger partial charge >= 0.3 is 17.9 Å². The number of ether oxygens (including phenoxy) is 3. The first-order valence-corrected chi connectivity index (χ1v) is 34.4. The summed E-state index contributed by atoms with van der Waals surface area (Å²) in [5, 5.41) is 0. The van der Waals surface area contributed by atoms with Crippen LogP contribution in [0.25, 0.3) is 0 Å². The third kappa shape index (κ3) is 66.8. The van der Waals surface area contributed by atoms with Crippen molar-refractivity contribution in [1.82, 2.24) is 0 Å². The molecule has 0 spiro atoms. The molecule has 0 aromatic carbocycles. The molecule has 0 aromatic rings. The molecule has 0 aliphatic carbocycles. The van der Waals surface area contributed by atoms with E-state index in [2.05, 4.69) is 130 Å². The molecule has 6 heteroatoms. The fourth-order valence-electron chi connectivity index (χ4n) is 9.63. The van der Waals surface area contributed by atoms with Gasteiger partial charge in [0.1, 0.15) is 13.2 Å². The molecule has 0 heterocycles. The number of hydrogen-bond acceptors (Lipinski definition) is 6. The Hall–Kier alpha value is -3.93. The Labute approximate surface area is 501 Å². The van der Waals surface area contributed by atoms with Crippen molar-refractivity contribution in [2.45, 2.75) is 335 Å². The first kappa shape index (κ1) is 77.1. The Kier molecular flexibility index (Phi) is 65.2. The standard InChI is InChI=1S/C75H128O6/c1-4-7-10-13-16-18-20-22-24-26-28-30-32-33-34-35-36-37-38-39-40-41-43-44-46-48-50-52-54-56-59-62-65-68-74(77)80-71-72(70-79-73(76)67-64-61-58-15-12-9-6-3)81-75(78)69-66-63-60-57-55-53-51-49-47-45-42-31-29-27-25-23-21-19-17-14-11-8-5-2/h7,10,16,18,21-24,27-30,33-34,36-37,42,45,72H,4-6,8-9,11-15,17,19-20,25-26,31-32,35,38-41,43-44,46-71H2,1-3H3/b10-7-,18-16-,23-21-,24-22-,29-27-,30-28-,34-33-,37-36-,45-42-. The Morgan fingerprint density at radius 3 is 0.753 bits per heavy atom. The number of carbonyl (C=O) groups is 3. The minimum absolute atomic E-state index is 0.0786. The summed E-state index contributed by atoms with van der Waals surface area (Å²) in [5.41, 5.74) is 0. The molecule has 0 radical (unpaired) electrons. The zero-order chi connectivity index (χ0) is 58.5. The first-order chi connectivity index (χ1) is 40.0. The minimum atomic E-state index is -0.780. The lowest BCUT2D eigenvalue weighted by molar-refractivity contribution is -0.167. The van der Waals surface area contributed by atoms with E-state index in [1.54, 1.807) is 0 Å². The number of allylic oxidation sites excluding steroid dienone is 18. The molecule has 0 aromatic heterocycles. The molecule has 0 bridgehead atoms. The van der Waals surface area contributed by atoms with Gasteiger partial charge in [0, 0.05) is 19.3 Å². The molecule has 0 aliphatic heterocycles. The van der Waals surface area contributed by atoms with Gasteiger partial charge in [-0.05, 0) is 109 Å². The maximum atomic E-state index is 12.9. The fourth-order valence-corrected chi connectivity index (χ4v) is 9.63. The van der Waals surface area contributed by atoms with E-state index >= 15 is 0 Å². The van der Waals surface area contributed by atoms with Gasteiger partial charge in [0.2, 0.25) is 0 Å². The van der Waals surface area contributed by atoms with Crippen LogP contribution in [0.3, 0.4) is 0 Å². The van der Waals surface area contributed by atoms with Gasteiger partial charge in [-0.25, -0.2) is 0 Å². The van der Waals surface area contributed by atoms with E-state index in [-0.39, 0.29) is 31.1 Å². The van der Waals surface area contributed by atoms with Crippen LogP contribution in [0, 0.1) is 0 Å². The van der Waals surface area contributed by atoms with Crippen molar-refractivity contribution < 1.29 is 28.6 Å². The highest BCUT2D eigenvalue weighted by atomic mass is 16.6. The number of carbonyl (C=O) groups excluding carboxylic acids is 3. The topological polar surface area (TPSA) is 78.9 Å². The van der Waals surface area contributed by atoms with Crippen LogP contribution in [-0.2, 0) is 28.6 Å². The maximum Gasteiger partial charge on any atom is 0.306 e. The normalized spacial score (nSPS) is 12.8. The molecule has 0 fully saturated rings. The highest BCUT2D eigenvalue weighted by Gasteiger charge is 2.19. The summed E-state index contributed by atoms with van der Waals surface area (Å²) in [6, 6.07) is 0. The second kappa shape index (κ2) is 68.6. The lowest BCUT2D eigenvalue weighted by Gasteiger charge is -2.18. The number of rotatable bonds is 62. The molecule has 0 amide bonds. The average Bonchev–Trinajstić information content (AvgIpc) is 3.47. The van der Waals surface area contributed by atoms with Gasteiger partial charge in [0.05, 0.1) is 0 Å². The predicted octanol–water partition coefficient (Wildman–Crippen LogP) is 23.8. The van der Waals surface area contributed by atoms with Crippen LogP contribution in [0.4, 0.5) is 0 Å². The molecular weight excluding hydrogens is 997 g/mol. The number of esters is 3. The lowest BCUT2D eigenvalue weighted by Crippen LogP contribution is -2.30. The van der Waals surface area contributed by atoms with Crippen LogP contribution in [0.2, 0.25) is 0 Å². The monoisotopic (exact) mass is 1120 g/mol. The largest absolute Gasteiger partial charge is 0.462 e. The van der Waals surface area contributed by atoms with Crippen LogP contribution in [0.5, 0.6) is 0 Å². The Morgan fingerprint density at radius 1 is 0.259 bits per heavy atom. The molecule has 1 atom stereocenters. The minimum Gasteiger partial charge on any atom is -0.462 e. The lowest BCUT2D eigenvalue weighted by atomic mass is 10.0. The SMILES string of the molecule is CC/C=C\C/C=C\C/C=C\C/C=C\C/C=C\C/C=C\CCCCCCCCCCCCCCCCC(=O)OCC(COC(=O)CCCCCCCCC)OC(=O)CCCCCCCCCC/C=C\C/C=C\C/C=C\CCCCCCC. The Morgan fingerprint density at radius 2 is 0.481 bits per heavy atom. The molecule has 0 aliphatic rings. The highest BCUT2D eigenvalue weighted by Crippen LogP contribution is 2.17. The van der Waals surface area contributed by atoms with Crippen LogP contribution < -0.4 is 0 Å².